The van der Waals surface area contributed by atoms with E-state index >= 15 is 0 Å². The lowest BCUT2D eigenvalue weighted by Gasteiger charge is -2.13. The highest BCUT2D eigenvalue weighted by Gasteiger charge is 2.32. The molecule has 17 heavy (non-hydrogen) atoms. The zero-order valence-electron chi connectivity index (χ0n) is 9.72. The Labute approximate surface area is 98.1 Å². The maximum absolute atomic E-state index is 11.7. The maximum atomic E-state index is 11.7. The molecule has 0 amide bonds. The van der Waals surface area contributed by atoms with E-state index in [9.17, 15) is 9.59 Å². The monoisotopic (exact) mass is 239 g/mol. The number of aliphatic hydroxyl groups excluding tert-OH is 1. The van der Waals surface area contributed by atoms with Crippen LogP contribution in [-0.2, 0) is 0 Å². The molecule has 0 radical (unpaired) electrons. The van der Waals surface area contributed by atoms with Gasteiger partial charge >= 0.3 is 5.69 Å². The Bertz CT molecular complexity index is 519. The predicted molar refractivity (Wildman–Crippen MR) is 62.9 cm³/mol. The molecule has 0 bridgehead atoms. The van der Waals surface area contributed by atoms with Crippen molar-refractivity contribution in [1.82, 2.24) is 9.55 Å². The fourth-order valence-corrected chi connectivity index (χ4v) is 2.42. The van der Waals surface area contributed by atoms with Gasteiger partial charge in [0.2, 0.25) is 0 Å². The molecule has 6 heteroatoms. The smallest absolute Gasteiger partial charge is 0.328 e. The fraction of sp³-hybridized carbons (Fsp3) is 0.636. The Hall–Kier alpha value is -1.40. The molecule has 1 aliphatic rings. The van der Waals surface area contributed by atoms with E-state index in [0.717, 1.165) is 0 Å². The first-order valence-corrected chi connectivity index (χ1v) is 5.71. The Morgan fingerprint density at radius 3 is 2.82 bits per heavy atom. The van der Waals surface area contributed by atoms with E-state index < -0.39 is 5.69 Å². The Kier molecular flexibility index (Phi) is 3.17. The van der Waals surface area contributed by atoms with E-state index in [-0.39, 0.29) is 30.2 Å². The van der Waals surface area contributed by atoms with Crippen LogP contribution in [0.5, 0.6) is 0 Å². The number of hydrogen-bond donors (Lipinski definition) is 3. The van der Waals surface area contributed by atoms with Crippen LogP contribution in [0.3, 0.4) is 0 Å². The molecule has 94 valence electrons. The van der Waals surface area contributed by atoms with E-state index in [1.165, 1.54) is 4.57 Å². The lowest BCUT2D eigenvalue weighted by Crippen LogP contribution is -2.33. The van der Waals surface area contributed by atoms with Crippen molar-refractivity contribution in [1.29, 1.82) is 0 Å². The first-order chi connectivity index (χ1) is 8.02. The molecule has 6 nitrogen and oxygen atoms in total. The minimum Gasteiger partial charge on any atom is -0.396 e. The van der Waals surface area contributed by atoms with Gasteiger partial charge in [0.1, 0.15) is 0 Å². The van der Waals surface area contributed by atoms with Crippen molar-refractivity contribution in [3.05, 3.63) is 32.6 Å². The van der Waals surface area contributed by atoms with Crippen LogP contribution in [0.15, 0.2) is 15.8 Å². The average Bonchev–Trinajstić information content (AvgIpc) is 2.65. The van der Waals surface area contributed by atoms with E-state index in [4.69, 9.17) is 10.8 Å². The highest BCUT2D eigenvalue weighted by molar-refractivity contribution is 5.03. The Morgan fingerprint density at radius 2 is 2.24 bits per heavy atom. The van der Waals surface area contributed by atoms with Gasteiger partial charge in [-0.3, -0.25) is 14.3 Å². The third-order valence-corrected chi connectivity index (χ3v) is 3.50. The quantitative estimate of drug-likeness (QED) is 0.623. The highest BCUT2D eigenvalue weighted by Crippen LogP contribution is 2.32. The van der Waals surface area contributed by atoms with E-state index in [0.29, 0.717) is 18.4 Å². The number of aromatic amines is 1. The molecular formula is C11H17N3O3. The molecule has 0 aromatic carbocycles. The van der Waals surface area contributed by atoms with Gasteiger partial charge in [0.15, 0.2) is 0 Å². The number of nitrogens with one attached hydrogen (secondary N) is 1. The molecule has 4 N–H and O–H groups in total. The number of aromatic nitrogens is 2. The van der Waals surface area contributed by atoms with E-state index in [2.05, 4.69) is 4.98 Å². The number of nitrogens with two attached hydrogens (primary N) is 1. The molecule has 0 unspecified atom stereocenters. The van der Waals surface area contributed by atoms with Gasteiger partial charge in [0.05, 0.1) is 0 Å². The molecule has 0 spiro atoms. The lowest BCUT2D eigenvalue weighted by atomic mass is 10.1. The molecule has 0 aliphatic heterocycles. The van der Waals surface area contributed by atoms with Gasteiger partial charge in [-0.15, -0.1) is 0 Å². The van der Waals surface area contributed by atoms with E-state index in [1.807, 2.05) is 0 Å². The standard InChI is InChI=1S/C11H17N3O3/c1-6-4-14(11(17)13-10(6)16)8-2-7(5-15)9(12)3-8/h4,7-9,15H,2-3,5,12H2,1H3,(H,13,16,17)/t7-,8-,9+/m1/s1. The van der Waals surface area contributed by atoms with Crippen LogP contribution in [0.2, 0.25) is 0 Å². The van der Waals surface area contributed by atoms with Gasteiger partial charge < -0.3 is 10.8 Å². The van der Waals surface area contributed by atoms with Crippen molar-refractivity contribution in [3.63, 3.8) is 0 Å². The summed E-state index contributed by atoms with van der Waals surface area (Å²) in [5, 5.41) is 9.14. The number of nitrogens with zero attached hydrogens (tertiary/aromatic N) is 1. The first kappa shape index (κ1) is 12.1. The van der Waals surface area contributed by atoms with Gasteiger partial charge in [-0.05, 0) is 25.7 Å². The molecule has 2 rings (SSSR count). The van der Waals surface area contributed by atoms with Crippen molar-refractivity contribution in [3.8, 4) is 0 Å². The van der Waals surface area contributed by atoms with Crippen molar-refractivity contribution in [2.75, 3.05) is 6.61 Å². The highest BCUT2D eigenvalue weighted by atomic mass is 16.3. The van der Waals surface area contributed by atoms with Crippen molar-refractivity contribution in [2.24, 2.45) is 11.7 Å². The number of hydrogen-bond acceptors (Lipinski definition) is 4. The minimum atomic E-state index is -0.406. The first-order valence-electron chi connectivity index (χ1n) is 5.71. The number of rotatable bonds is 2. The predicted octanol–water partition coefficient (Wildman–Crippen LogP) is -0.884. The second-order valence-electron chi connectivity index (χ2n) is 4.71. The summed E-state index contributed by atoms with van der Waals surface area (Å²) in [5.74, 6) is 0.0270. The van der Waals surface area contributed by atoms with Crippen molar-refractivity contribution < 1.29 is 5.11 Å². The molecule has 0 saturated heterocycles. The van der Waals surface area contributed by atoms with Gasteiger partial charge in [0.25, 0.3) is 5.56 Å². The molecule has 1 aliphatic carbocycles. The largest absolute Gasteiger partial charge is 0.396 e. The second-order valence-corrected chi connectivity index (χ2v) is 4.71. The lowest BCUT2D eigenvalue weighted by molar-refractivity contribution is 0.215. The number of aryl methyl sites for hydroxylation is 1. The molecule has 1 heterocycles. The normalized spacial score (nSPS) is 28.5. The summed E-state index contributed by atoms with van der Waals surface area (Å²) in [6.45, 7) is 1.70. The topological polar surface area (TPSA) is 101 Å². The van der Waals surface area contributed by atoms with Crippen molar-refractivity contribution in [2.45, 2.75) is 31.8 Å². The van der Waals surface area contributed by atoms with Crippen LogP contribution in [0.25, 0.3) is 0 Å². The summed E-state index contributed by atoms with van der Waals surface area (Å²) in [6.07, 6.45) is 2.89. The van der Waals surface area contributed by atoms with Crippen LogP contribution in [0, 0.1) is 12.8 Å². The van der Waals surface area contributed by atoms with Crippen LogP contribution in [0.1, 0.15) is 24.4 Å². The summed E-state index contributed by atoms with van der Waals surface area (Å²) in [5.41, 5.74) is 5.63. The number of aliphatic hydroxyl groups is 1. The summed E-state index contributed by atoms with van der Waals surface area (Å²) in [6, 6.07) is -0.130. The van der Waals surface area contributed by atoms with Gasteiger partial charge in [-0.2, -0.15) is 0 Å². The zero-order chi connectivity index (χ0) is 12.6. The Balaban J connectivity index is 2.34. The van der Waals surface area contributed by atoms with Crippen LogP contribution in [-0.4, -0.2) is 27.3 Å². The maximum Gasteiger partial charge on any atom is 0.328 e. The van der Waals surface area contributed by atoms with Crippen molar-refractivity contribution >= 4 is 0 Å². The Morgan fingerprint density at radius 1 is 1.53 bits per heavy atom. The van der Waals surface area contributed by atoms with Crippen LogP contribution in [0.4, 0.5) is 0 Å². The average molecular weight is 239 g/mol. The SMILES string of the molecule is Cc1cn([C@@H]2C[C@H](CO)[C@@H](N)C2)c(=O)[nH]c1=O. The number of H-pyrrole nitrogens is 1. The van der Waals surface area contributed by atoms with Gasteiger partial charge in [0, 0.05) is 30.5 Å². The van der Waals surface area contributed by atoms with Crippen LogP contribution < -0.4 is 17.0 Å². The molecule has 1 fully saturated rings. The second kappa shape index (κ2) is 4.46. The summed E-state index contributed by atoms with van der Waals surface area (Å²) in [4.78, 5) is 25.2. The van der Waals surface area contributed by atoms with E-state index in [1.54, 1.807) is 13.1 Å². The fourth-order valence-electron chi connectivity index (χ4n) is 2.42. The minimum absolute atomic E-state index is 0.0270. The molecule has 1 aromatic rings. The molecular weight excluding hydrogens is 222 g/mol. The summed E-state index contributed by atoms with van der Waals surface area (Å²) in [7, 11) is 0. The summed E-state index contributed by atoms with van der Waals surface area (Å²) >= 11 is 0. The van der Waals surface area contributed by atoms with Gasteiger partial charge in [-0.1, -0.05) is 0 Å². The third-order valence-electron chi connectivity index (χ3n) is 3.50. The van der Waals surface area contributed by atoms with Gasteiger partial charge in [-0.25, -0.2) is 4.79 Å². The molecule has 1 saturated carbocycles. The zero-order valence-corrected chi connectivity index (χ0v) is 9.72. The van der Waals surface area contributed by atoms with Crippen LogP contribution >= 0.6 is 0 Å². The third kappa shape index (κ3) is 2.18. The molecule has 3 atom stereocenters. The summed E-state index contributed by atoms with van der Waals surface area (Å²) < 4.78 is 1.52. The molecule has 1 aromatic heterocycles.